The predicted octanol–water partition coefficient (Wildman–Crippen LogP) is 0.778. The second kappa shape index (κ2) is 5.64. The van der Waals surface area contributed by atoms with Crippen molar-refractivity contribution in [1.82, 2.24) is 15.1 Å². The lowest BCUT2D eigenvalue weighted by Gasteiger charge is -2.27. The Morgan fingerprint density at radius 3 is 2.33 bits per heavy atom. The number of nitrogens with two attached hydrogens (primary N) is 1. The van der Waals surface area contributed by atoms with Gasteiger partial charge in [-0.05, 0) is 20.8 Å². The molecule has 0 aliphatic rings. The first-order valence-corrected chi connectivity index (χ1v) is 7.34. The van der Waals surface area contributed by atoms with Crippen molar-refractivity contribution in [3.8, 4) is 0 Å². The minimum atomic E-state index is -4.62. The molecule has 1 aromatic heterocycles. The van der Waals surface area contributed by atoms with E-state index in [2.05, 4.69) is 10.2 Å². The average Bonchev–Trinajstić information content (AvgIpc) is 2.65. The Labute approximate surface area is 119 Å². The van der Waals surface area contributed by atoms with Crippen LogP contribution in [0.3, 0.4) is 0 Å². The summed E-state index contributed by atoms with van der Waals surface area (Å²) in [6, 6.07) is -0.801. The van der Waals surface area contributed by atoms with E-state index in [-0.39, 0.29) is 5.69 Å². The molecule has 0 aliphatic heterocycles. The quantitative estimate of drug-likeness (QED) is 0.851. The Balaban J connectivity index is 3.30. The predicted molar refractivity (Wildman–Crippen MR) is 66.9 cm³/mol. The third-order valence-electron chi connectivity index (χ3n) is 2.61. The summed E-state index contributed by atoms with van der Waals surface area (Å²) in [4.78, 5) is 12.0. The fourth-order valence-corrected chi connectivity index (χ4v) is 2.60. The van der Waals surface area contributed by atoms with E-state index in [9.17, 15) is 26.4 Å². The van der Waals surface area contributed by atoms with Crippen molar-refractivity contribution in [2.24, 2.45) is 5.14 Å². The molecule has 0 fully saturated rings. The average molecular weight is 328 g/mol. The molecule has 1 aromatic rings. The number of aromatic amines is 1. The highest BCUT2D eigenvalue weighted by atomic mass is 32.2. The minimum Gasteiger partial charge on any atom is -0.326 e. The van der Waals surface area contributed by atoms with Gasteiger partial charge in [-0.1, -0.05) is 0 Å². The Bertz CT molecular complexity index is 636. The van der Waals surface area contributed by atoms with E-state index in [0.717, 1.165) is 0 Å². The number of amides is 1. The highest BCUT2D eigenvalue weighted by Gasteiger charge is 2.37. The van der Waals surface area contributed by atoms with Crippen LogP contribution in [0.25, 0.3) is 0 Å². The Morgan fingerprint density at radius 2 is 1.95 bits per heavy atom. The monoisotopic (exact) mass is 328 g/mol. The van der Waals surface area contributed by atoms with Crippen molar-refractivity contribution < 1.29 is 26.4 Å². The van der Waals surface area contributed by atoms with Crippen molar-refractivity contribution >= 4 is 15.9 Å². The van der Waals surface area contributed by atoms with E-state index in [1.54, 1.807) is 0 Å². The number of alkyl halides is 3. The molecule has 3 N–H and O–H groups in total. The van der Waals surface area contributed by atoms with Crippen molar-refractivity contribution in [3.05, 3.63) is 11.4 Å². The molecular formula is C10H15F3N4O3S. The summed E-state index contributed by atoms with van der Waals surface area (Å²) in [5.41, 5.74) is -0.662. The van der Waals surface area contributed by atoms with Crippen LogP contribution < -0.4 is 5.14 Å². The standard InChI is InChI=1S/C10H15F3N4O3S/c1-5(2)17(4-10(11,12)13)9(18)7-8(21(14,19)20)6(3)15-16-7/h5H,4H2,1-3H3,(H,15,16)(H2,14,19,20). The minimum absolute atomic E-state index is 0.0171. The van der Waals surface area contributed by atoms with Crippen LogP contribution in [-0.4, -0.2) is 48.2 Å². The zero-order chi connectivity index (χ0) is 16.6. The highest BCUT2D eigenvalue weighted by molar-refractivity contribution is 7.89. The largest absolute Gasteiger partial charge is 0.406 e. The Morgan fingerprint density at radius 1 is 1.43 bits per heavy atom. The van der Waals surface area contributed by atoms with Crippen LogP contribution in [0, 0.1) is 6.92 Å². The molecule has 1 amide bonds. The number of nitrogens with zero attached hydrogens (tertiary/aromatic N) is 2. The molecule has 1 heterocycles. The highest BCUT2D eigenvalue weighted by Crippen LogP contribution is 2.22. The molecule has 0 aliphatic carbocycles. The first-order valence-electron chi connectivity index (χ1n) is 5.80. The molecule has 21 heavy (non-hydrogen) atoms. The van der Waals surface area contributed by atoms with Gasteiger partial charge in [0, 0.05) is 6.04 Å². The number of aryl methyl sites for hydroxylation is 1. The lowest BCUT2D eigenvalue weighted by molar-refractivity contribution is -0.143. The van der Waals surface area contributed by atoms with Gasteiger partial charge in [0.05, 0.1) is 5.69 Å². The smallest absolute Gasteiger partial charge is 0.326 e. The number of primary sulfonamides is 1. The number of halogens is 3. The van der Waals surface area contributed by atoms with Crippen LogP contribution in [0.4, 0.5) is 13.2 Å². The van der Waals surface area contributed by atoms with Gasteiger partial charge in [-0.25, -0.2) is 13.6 Å². The van der Waals surface area contributed by atoms with Crippen molar-refractivity contribution in [1.29, 1.82) is 0 Å². The lowest BCUT2D eigenvalue weighted by atomic mass is 10.2. The first kappa shape index (κ1) is 17.4. The summed E-state index contributed by atoms with van der Waals surface area (Å²) in [7, 11) is -4.29. The van der Waals surface area contributed by atoms with Gasteiger partial charge in [-0.2, -0.15) is 18.3 Å². The summed E-state index contributed by atoms with van der Waals surface area (Å²) in [5.74, 6) is -1.16. The molecule has 0 saturated carbocycles. The number of hydrogen-bond donors (Lipinski definition) is 2. The van der Waals surface area contributed by atoms with Crippen LogP contribution in [0.15, 0.2) is 4.90 Å². The van der Waals surface area contributed by atoms with Gasteiger partial charge in [0.2, 0.25) is 10.0 Å². The van der Waals surface area contributed by atoms with Crippen LogP contribution >= 0.6 is 0 Å². The molecule has 0 saturated heterocycles. The first-order chi connectivity index (χ1) is 9.34. The lowest BCUT2D eigenvalue weighted by Crippen LogP contribution is -2.44. The SMILES string of the molecule is Cc1[nH]nc(C(=O)N(CC(F)(F)F)C(C)C)c1S(N)(=O)=O. The molecule has 11 heteroatoms. The summed E-state index contributed by atoms with van der Waals surface area (Å²) in [5, 5.41) is 10.7. The molecule has 7 nitrogen and oxygen atoms in total. The molecule has 0 spiro atoms. The fourth-order valence-electron chi connectivity index (χ4n) is 1.73. The van der Waals surface area contributed by atoms with Crippen molar-refractivity contribution in [2.45, 2.75) is 37.9 Å². The zero-order valence-corrected chi connectivity index (χ0v) is 12.3. The van der Waals surface area contributed by atoms with E-state index >= 15 is 0 Å². The number of nitrogens with one attached hydrogen (secondary N) is 1. The number of H-pyrrole nitrogens is 1. The topological polar surface area (TPSA) is 109 Å². The van der Waals surface area contributed by atoms with E-state index in [1.165, 1.54) is 20.8 Å². The second-order valence-corrected chi connectivity index (χ2v) is 6.21. The molecular weight excluding hydrogens is 313 g/mol. The zero-order valence-electron chi connectivity index (χ0n) is 11.5. The van der Waals surface area contributed by atoms with Gasteiger partial charge in [0.15, 0.2) is 5.69 Å². The van der Waals surface area contributed by atoms with Crippen molar-refractivity contribution in [2.75, 3.05) is 6.54 Å². The summed E-state index contributed by atoms with van der Waals surface area (Å²) >= 11 is 0. The number of rotatable bonds is 4. The third kappa shape index (κ3) is 4.17. The van der Waals surface area contributed by atoms with E-state index in [1.807, 2.05) is 0 Å². The summed E-state index contributed by atoms with van der Waals surface area (Å²) in [6.07, 6.45) is -4.62. The molecule has 1 rings (SSSR count). The maximum Gasteiger partial charge on any atom is 0.406 e. The van der Waals surface area contributed by atoms with Crippen LogP contribution in [-0.2, 0) is 10.0 Å². The van der Waals surface area contributed by atoms with E-state index < -0.39 is 45.3 Å². The number of carbonyl (C=O) groups excluding carboxylic acids is 1. The van der Waals surface area contributed by atoms with Gasteiger partial charge in [0.25, 0.3) is 5.91 Å². The molecule has 0 radical (unpaired) electrons. The molecule has 0 atom stereocenters. The van der Waals surface area contributed by atoms with Gasteiger partial charge in [0.1, 0.15) is 11.4 Å². The molecule has 120 valence electrons. The number of carbonyl (C=O) groups is 1. The number of hydrogen-bond acceptors (Lipinski definition) is 4. The Hall–Kier alpha value is -1.62. The molecule has 0 bridgehead atoms. The van der Waals surface area contributed by atoms with Crippen LogP contribution in [0.2, 0.25) is 0 Å². The van der Waals surface area contributed by atoms with Gasteiger partial charge in [-0.3, -0.25) is 9.89 Å². The fraction of sp³-hybridized carbons (Fsp3) is 0.600. The van der Waals surface area contributed by atoms with Crippen molar-refractivity contribution in [3.63, 3.8) is 0 Å². The maximum atomic E-state index is 12.5. The summed E-state index contributed by atoms with van der Waals surface area (Å²) < 4.78 is 60.4. The summed E-state index contributed by atoms with van der Waals surface area (Å²) in [6.45, 7) is 2.53. The third-order valence-corrected chi connectivity index (χ3v) is 3.68. The number of sulfonamides is 1. The van der Waals surface area contributed by atoms with Crippen LogP contribution in [0.5, 0.6) is 0 Å². The van der Waals surface area contributed by atoms with Gasteiger partial charge < -0.3 is 4.90 Å². The second-order valence-electron chi connectivity index (χ2n) is 4.71. The normalized spacial score (nSPS) is 12.8. The van der Waals surface area contributed by atoms with Gasteiger partial charge in [-0.15, -0.1) is 0 Å². The molecule has 0 unspecified atom stereocenters. The van der Waals surface area contributed by atoms with Gasteiger partial charge >= 0.3 is 6.18 Å². The Kier molecular flexibility index (Phi) is 4.68. The maximum absolute atomic E-state index is 12.5. The molecule has 0 aromatic carbocycles. The number of aromatic nitrogens is 2. The van der Waals surface area contributed by atoms with E-state index in [0.29, 0.717) is 4.90 Å². The van der Waals surface area contributed by atoms with Crippen LogP contribution in [0.1, 0.15) is 30.0 Å². The van der Waals surface area contributed by atoms with E-state index in [4.69, 9.17) is 5.14 Å².